The average Bonchev–Trinajstić information content (AvgIpc) is 3.32. The minimum absolute atomic E-state index is 0.0739. The Morgan fingerprint density at radius 3 is 2.53 bits per heavy atom. The molecule has 0 spiro atoms. The van der Waals surface area contributed by atoms with Gasteiger partial charge in [0.15, 0.2) is 5.76 Å². The molecule has 1 fully saturated rings. The number of aryl methyl sites for hydroxylation is 1. The second-order valence-electron chi connectivity index (χ2n) is 7.81. The maximum absolute atomic E-state index is 12.8. The number of hydrogen-bond acceptors (Lipinski definition) is 5. The number of carbonyl (C=O) groups excluding carboxylic acids is 1. The first-order valence-electron chi connectivity index (χ1n) is 10.6. The highest BCUT2D eigenvalue weighted by Gasteiger charge is 2.29. The molecule has 1 aliphatic heterocycles. The maximum Gasteiger partial charge on any atom is 0.291 e. The maximum atomic E-state index is 12.8. The quantitative estimate of drug-likeness (QED) is 0.564. The van der Waals surface area contributed by atoms with Crippen molar-refractivity contribution >= 4 is 21.6 Å². The Morgan fingerprint density at radius 2 is 1.78 bits per heavy atom. The van der Waals surface area contributed by atoms with Gasteiger partial charge < -0.3 is 14.5 Å². The van der Waals surface area contributed by atoms with Crippen molar-refractivity contribution in [2.45, 2.75) is 37.9 Å². The highest BCUT2D eigenvalue weighted by atomic mass is 32.2. The van der Waals surface area contributed by atoms with Gasteiger partial charge in [0.1, 0.15) is 12.4 Å². The standard InChI is InChI=1S/C24H26N2O5S/c1-18-10-11-20(22(16-18)30-17-19-8-4-2-5-9-19)25-24(27)21-12-13-23(31-21)32(28,29)26-14-6-3-7-15-26/h2,4-5,8-13,16H,3,6-7,14-15,17H2,1H3,(H,25,27). The zero-order chi connectivity index (χ0) is 22.6. The molecular weight excluding hydrogens is 428 g/mol. The lowest BCUT2D eigenvalue weighted by Crippen LogP contribution is -2.35. The minimum Gasteiger partial charge on any atom is -0.487 e. The SMILES string of the molecule is Cc1ccc(NC(=O)c2ccc(S(=O)(=O)N3CCCCC3)o2)c(OCc2ccccc2)c1. The molecule has 4 rings (SSSR count). The summed E-state index contributed by atoms with van der Waals surface area (Å²) in [4.78, 5) is 12.8. The van der Waals surface area contributed by atoms with Crippen molar-refractivity contribution in [1.29, 1.82) is 0 Å². The molecular formula is C24H26N2O5S. The third kappa shape index (κ3) is 5.03. The Hall–Kier alpha value is -3.10. The molecule has 7 nitrogen and oxygen atoms in total. The molecule has 0 bridgehead atoms. The lowest BCUT2D eigenvalue weighted by molar-refractivity contribution is 0.0990. The summed E-state index contributed by atoms with van der Waals surface area (Å²) in [5.74, 6) is -0.0939. The van der Waals surface area contributed by atoms with E-state index in [1.165, 1.54) is 16.4 Å². The summed E-state index contributed by atoms with van der Waals surface area (Å²) in [6, 6.07) is 17.9. The lowest BCUT2D eigenvalue weighted by atomic mass is 10.2. The van der Waals surface area contributed by atoms with Gasteiger partial charge in [-0.2, -0.15) is 4.31 Å². The molecule has 0 atom stereocenters. The summed E-state index contributed by atoms with van der Waals surface area (Å²) < 4.78 is 38.3. The molecule has 0 radical (unpaired) electrons. The van der Waals surface area contributed by atoms with Gasteiger partial charge in [0.2, 0.25) is 5.09 Å². The van der Waals surface area contributed by atoms with Gasteiger partial charge in [-0.3, -0.25) is 4.79 Å². The van der Waals surface area contributed by atoms with E-state index in [0.29, 0.717) is 31.1 Å². The lowest BCUT2D eigenvalue weighted by Gasteiger charge is -2.24. The van der Waals surface area contributed by atoms with E-state index in [1.54, 1.807) is 6.07 Å². The zero-order valence-electron chi connectivity index (χ0n) is 17.9. The van der Waals surface area contributed by atoms with E-state index in [9.17, 15) is 13.2 Å². The molecule has 168 valence electrons. The first-order chi connectivity index (χ1) is 15.4. The van der Waals surface area contributed by atoms with Crippen LogP contribution in [0.1, 0.15) is 40.9 Å². The number of piperidine rings is 1. The third-order valence-electron chi connectivity index (χ3n) is 5.34. The van der Waals surface area contributed by atoms with Crippen LogP contribution in [0.2, 0.25) is 0 Å². The van der Waals surface area contributed by atoms with Gasteiger partial charge in [0, 0.05) is 13.1 Å². The fraction of sp³-hybridized carbons (Fsp3) is 0.292. The van der Waals surface area contributed by atoms with Gasteiger partial charge in [-0.1, -0.05) is 42.8 Å². The third-order valence-corrected chi connectivity index (χ3v) is 7.11. The summed E-state index contributed by atoms with van der Waals surface area (Å²) in [6.07, 6.45) is 2.67. The van der Waals surface area contributed by atoms with Crippen LogP contribution in [-0.2, 0) is 16.6 Å². The second kappa shape index (κ2) is 9.58. The summed E-state index contributed by atoms with van der Waals surface area (Å²) in [5, 5.41) is 2.55. The van der Waals surface area contributed by atoms with Gasteiger partial charge >= 0.3 is 0 Å². The number of benzene rings is 2. The molecule has 0 unspecified atom stereocenters. The predicted molar refractivity (Wildman–Crippen MR) is 121 cm³/mol. The van der Waals surface area contributed by atoms with E-state index < -0.39 is 15.9 Å². The normalized spacial score (nSPS) is 14.8. The number of sulfonamides is 1. The van der Waals surface area contributed by atoms with E-state index in [4.69, 9.17) is 9.15 Å². The molecule has 0 saturated carbocycles. The average molecular weight is 455 g/mol. The Morgan fingerprint density at radius 1 is 1.03 bits per heavy atom. The Labute approximate surface area is 188 Å². The van der Waals surface area contributed by atoms with Gasteiger partial charge in [0.05, 0.1) is 5.69 Å². The molecule has 2 aromatic carbocycles. The molecule has 1 aromatic heterocycles. The van der Waals surface area contributed by atoms with Crippen molar-refractivity contribution in [2.75, 3.05) is 18.4 Å². The van der Waals surface area contributed by atoms with E-state index in [-0.39, 0.29) is 10.9 Å². The molecule has 32 heavy (non-hydrogen) atoms. The second-order valence-corrected chi connectivity index (χ2v) is 9.68. The van der Waals surface area contributed by atoms with E-state index in [2.05, 4.69) is 5.32 Å². The number of carbonyl (C=O) groups is 1. The predicted octanol–water partition coefficient (Wildman–Crippen LogP) is 4.59. The number of hydrogen-bond donors (Lipinski definition) is 1. The first kappa shape index (κ1) is 22.1. The van der Waals surface area contributed by atoms with Crippen molar-refractivity contribution in [1.82, 2.24) is 4.31 Å². The number of anilines is 1. The summed E-state index contributed by atoms with van der Waals surface area (Å²) in [5.41, 5.74) is 2.47. The van der Waals surface area contributed by atoms with Crippen LogP contribution in [0.15, 0.2) is 70.2 Å². The number of nitrogens with zero attached hydrogens (tertiary/aromatic N) is 1. The summed E-state index contributed by atoms with van der Waals surface area (Å²) in [7, 11) is -3.74. The van der Waals surface area contributed by atoms with Crippen molar-refractivity contribution in [3.05, 3.63) is 77.6 Å². The van der Waals surface area contributed by atoms with E-state index in [0.717, 1.165) is 30.4 Å². The number of rotatable bonds is 7. The molecule has 1 aliphatic rings. The molecule has 1 saturated heterocycles. The smallest absolute Gasteiger partial charge is 0.291 e. The fourth-order valence-corrected chi connectivity index (χ4v) is 5.01. The van der Waals surface area contributed by atoms with Gasteiger partial charge in [-0.25, -0.2) is 8.42 Å². The van der Waals surface area contributed by atoms with Gasteiger partial charge in [-0.15, -0.1) is 0 Å². The molecule has 1 amide bonds. The topological polar surface area (TPSA) is 88.9 Å². The highest BCUT2D eigenvalue weighted by molar-refractivity contribution is 7.89. The summed E-state index contributed by atoms with van der Waals surface area (Å²) in [6.45, 7) is 3.23. The van der Waals surface area contributed by atoms with Crippen molar-refractivity contribution < 1.29 is 22.4 Å². The molecule has 1 N–H and O–H groups in total. The van der Waals surface area contributed by atoms with Crippen LogP contribution in [-0.4, -0.2) is 31.7 Å². The number of ether oxygens (including phenoxy) is 1. The molecule has 3 aromatic rings. The Bertz CT molecular complexity index is 1180. The molecule has 2 heterocycles. The molecule has 8 heteroatoms. The number of amides is 1. The largest absolute Gasteiger partial charge is 0.487 e. The minimum atomic E-state index is -3.74. The van der Waals surface area contributed by atoms with Crippen molar-refractivity contribution in [2.24, 2.45) is 0 Å². The van der Waals surface area contributed by atoms with E-state index >= 15 is 0 Å². The zero-order valence-corrected chi connectivity index (χ0v) is 18.7. The molecule has 0 aliphatic carbocycles. The first-order valence-corrected chi connectivity index (χ1v) is 12.1. The number of nitrogens with one attached hydrogen (secondary N) is 1. The Kier molecular flexibility index (Phi) is 6.62. The van der Waals surface area contributed by atoms with Crippen LogP contribution >= 0.6 is 0 Å². The van der Waals surface area contributed by atoms with Crippen LogP contribution in [0.4, 0.5) is 5.69 Å². The van der Waals surface area contributed by atoms with Crippen molar-refractivity contribution in [3.63, 3.8) is 0 Å². The van der Waals surface area contributed by atoms with Gasteiger partial charge in [0.25, 0.3) is 15.9 Å². The monoisotopic (exact) mass is 454 g/mol. The van der Waals surface area contributed by atoms with Crippen LogP contribution in [0, 0.1) is 6.92 Å². The van der Waals surface area contributed by atoms with E-state index in [1.807, 2.05) is 49.4 Å². The fourth-order valence-electron chi connectivity index (χ4n) is 3.58. The van der Waals surface area contributed by atoms with Crippen LogP contribution in [0.25, 0.3) is 0 Å². The summed E-state index contributed by atoms with van der Waals surface area (Å²) >= 11 is 0. The Balaban J connectivity index is 1.48. The van der Waals surface area contributed by atoms with Crippen LogP contribution < -0.4 is 10.1 Å². The van der Waals surface area contributed by atoms with Crippen molar-refractivity contribution in [3.8, 4) is 5.75 Å². The van der Waals surface area contributed by atoms with Crippen LogP contribution in [0.3, 0.4) is 0 Å². The van der Waals surface area contributed by atoms with Crippen LogP contribution in [0.5, 0.6) is 5.75 Å². The number of furan rings is 1. The highest BCUT2D eigenvalue weighted by Crippen LogP contribution is 2.28. The van der Waals surface area contributed by atoms with Gasteiger partial charge in [-0.05, 0) is 55.2 Å².